The summed E-state index contributed by atoms with van der Waals surface area (Å²) in [5.41, 5.74) is 9.37. The zero-order chi connectivity index (χ0) is 69.2. The highest BCUT2D eigenvalue weighted by Crippen LogP contribution is 2.38. The molecule has 0 radical (unpaired) electrons. The molecule has 0 amide bonds. The van der Waals surface area contributed by atoms with Gasteiger partial charge in [0.25, 0.3) is 16.7 Å². The van der Waals surface area contributed by atoms with Crippen LogP contribution in [0.15, 0.2) is 161 Å². The number of nitrogens with one attached hydrogen (secondary N) is 1. The van der Waals surface area contributed by atoms with Gasteiger partial charge in [-0.05, 0) is 138 Å². The fourth-order valence-electron chi connectivity index (χ4n) is 10.6. The molecular weight excluding hydrogens is 1330 g/mol. The van der Waals surface area contributed by atoms with E-state index in [1.165, 1.54) is 12.1 Å². The summed E-state index contributed by atoms with van der Waals surface area (Å²) in [7, 11) is 1.55. The smallest absolute Gasteiger partial charge is 0.259 e. The number of nitrogens with zero attached hydrogens (tertiary/aromatic N) is 10. The lowest BCUT2D eigenvalue weighted by Crippen LogP contribution is -2.27. The third-order valence-electron chi connectivity index (χ3n) is 15.7. The van der Waals surface area contributed by atoms with E-state index in [1.807, 2.05) is 45.0 Å². The van der Waals surface area contributed by atoms with Crippen LogP contribution in [0.1, 0.15) is 48.5 Å². The minimum atomic E-state index is -0.241. The lowest BCUT2D eigenvalue weighted by Gasteiger charge is -2.18. The zero-order valence-electron chi connectivity index (χ0n) is 54.4. The Balaban J connectivity index is 0.000000172. The molecule has 0 bridgehead atoms. The number of rotatable bonds is 21. The third kappa shape index (κ3) is 17.7. The van der Waals surface area contributed by atoms with E-state index in [0.29, 0.717) is 132 Å². The number of hydrogen-bond donors (Lipinski definition) is 4. The molecule has 8 aromatic heterocycles. The molecule has 0 atom stereocenters. The fourth-order valence-corrected chi connectivity index (χ4v) is 11.7. The maximum atomic E-state index is 13.3. The van der Waals surface area contributed by atoms with Crippen LogP contribution in [0.3, 0.4) is 0 Å². The number of likely N-dealkylation sites (N-methyl/N-ethyl adjacent to an activating group) is 2. The summed E-state index contributed by atoms with van der Waals surface area (Å²) in [6, 6.07) is 32.5. The minimum Gasteiger partial charge on any atom is -0.507 e. The summed E-state index contributed by atoms with van der Waals surface area (Å²) < 4.78 is 21.6. The number of aromatic nitrogens is 8. The monoisotopic (exact) mass is 1400 g/mol. The van der Waals surface area contributed by atoms with Gasteiger partial charge >= 0.3 is 0 Å². The van der Waals surface area contributed by atoms with Crippen molar-refractivity contribution >= 4 is 108 Å². The molecule has 8 heterocycles. The molecule has 5 N–H and O–H groups in total. The number of phenolic OH excluding ortho intramolecular Hbond substituents is 2. The van der Waals surface area contributed by atoms with Crippen molar-refractivity contribution in [2.75, 3.05) is 70.6 Å². The van der Waals surface area contributed by atoms with Crippen LogP contribution in [-0.4, -0.2) is 118 Å². The molecule has 25 heteroatoms. The van der Waals surface area contributed by atoms with Crippen molar-refractivity contribution in [2.45, 2.75) is 68.1 Å². The van der Waals surface area contributed by atoms with Gasteiger partial charge in [-0.2, -0.15) is 0 Å². The summed E-state index contributed by atoms with van der Waals surface area (Å²) in [6.07, 6.45) is 8.26. The molecule has 0 aliphatic rings. The molecule has 0 saturated heterocycles. The van der Waals surface area contributed by atoms with Crippen LogP contribution in [0.4, 0.5) is 17.5 Å². The average Bonchev–Trinajstić information content (AvgIpc) is 0.784. The lowest BCUT2D eigenvalue weighted by molar-refractivity contribution is 0.222. The van der Waals surface area contributed by atoms with Crippen LogP contribution >= 0.6 is 58.0 Å². The van der Waals surface area contributed by atoms with Crippen LogP contribution in [0.5, 0.6) is 28.7 Å². The highest BCUT2D eigenvalue weighted by atomic mass is 35.5. The average molecular weight is 1400 g/mol. The largest absolute Gasteiger partial charge is 0.507 e. The van der Waals surface area contributed by atoms with Gasteiger partial charge in [0.2, 0.25) is 0 Å². The number of hydrogen-bond acceptors (Lipinski definition) is 17. The number of nitrogens with two attached hydrogens (primary N) is 1. The molecule has 96 heavy (non-hydrogen) atoms. The van der Waals surface area contributed by atoms with Crippen molar-refractivity contribution < 1.29 is 24.4 Å². The maximum Gasteiger partial charge on any atom is 0.259 e. The van der Waals surface area contributed by atoms with E-state index in [4.69, 9.17) is 77.9 Å². The van der Waals surface area contributed by atoms with E-state index in [0.717, 1.165) is 66.7 Å². The van der Waals surface area contributed by atoms with Gasteiger partial charge in [-0.15, -0.1) is 0 Å². The Kier molecular flexibility index (Phi) is 26.3. The van der Waals surface area contributed by atoms with Crippen LogP contribution in [-0.2, 0) is 19.6 Å². The number of anilines is 3. The second-order valence-electron chi connectivity index (χ2n) is 21.3. The highest BCUT2D eigenvalue weighted by Gasteiger charge is 2.21. The Morgan fingerprint density at radius 3 is 1.26 bits per heavy atom. The molecule has 3 aromatic carbocycles. The standard InChI is InChI=1S/C27H30ClN5O3.C17H14Cl2N2O2.C16H12Cl2N2O2.C11H19N3O/c1-4-32(5-2)12-13-36-19-10-11-24(30-17-19)31-25-15-22-18(16-29-25)14-20(27(35)33(22)6-3)26-21(28)8-7-9-23(26)34;1-3-21-13-8-15(19)20-9-10(13)7-11(17(21)22)16-12(18)5-4-6-14(16)23-2;1-2-20-12-7-14(18)19-8-9(12)6-10(16(20)22)15-11(17)4-3-5-13(15)21;1-3-14(4-2)7-8-15-10-5-6-11(12)13-9-10/h7-11,14-17,34H,4-6,12-13H2,1-3H3,(H,29,30,31);4-9H,3H2,1-2H3;3-8,21H,2H2,1H3;5-6,9H,3-4,7-8H2,1-2H3,(H2,12,13). The number of pyridine rings is 8. The van der Waals surface area contributed by atoms with Crippen LogP contribution < -0.4 is 41.9 Å². The number of aryl methyl sites for hydroxylation is 3. The Labute approximate surface area is 581 Å². The molecule has 0 saturated carbocycles. The molecule has 20 nitrogen and oxygen atoms in total. The van der Waals surface area contributed by atoms with E-state index < -0.39 is 0 Å². The molecule has 11 rings (SSSR count). The second-order valence-corrected chi connectivity index (χ2v) is 23.3. The molecule has 502 valence electrons. The molecular formula is C71H75Cl5N12O8. The van der Waals surface area contributed by atoms with Gasteiger partial charge in [-0.25, -0.2) is 24.9 Å². The normalized spacial score (nSPS) is 11.0. The van der Waals surface area contributed by atoms with E-state index in [1.54, 1.807) is 131 Å². The summed E-state index contributed by atoms with van der Waals surface area (Å²) in [6.45, 7) is 22.8. The number of benzene rings is 3. The number of aromatic hydroxyl groups is 2. The summed E-state index contributed by atoms with van der Waals surface area (Å²) in [4.78, 5) is 64.6. The maximum absolute atomic E-state index is 13.3. The van der Waals surface area contributed by atoms with Gasteiger partial charge in [0, 0.05) is 90.2 Å². The Hall–Kier alpha value is -8.99. The van der Waals surface area contributed by atoms with E-state index in [2.05, 4.69) is 67.7 Å². The second kappa shape index (κ2) is 34.6. The first-order chi connectivity index (χ1) is 46.3. The van der Waals surface area contributed by atoms with Crippen LogP contribution in [0.2, 0.25) is 25.4 Å². The van der Waals surface area contributed by atoms with Gasteiger partial charge in [-0.3, -0.25) is 14.4 Å². The lowest BCUT2D eigenvalue weighted by atomic mass is 10.0. The van der Waals surface area contributed by atoms with Gasteiger partial charge in [0.05, 0.1) is 67.8 Å². The third-order valence-corrected chi connectivity index (χ3v) is 17.1. The predicted molar refractivity (Wildman–Crippen MR) is 389 cm³/mol. The van der Waals surface area contributed by atoms with Crippen molar-refractivity contribution in [3.8, 4) is 62.1 Å². The Morgan fingerprint density at radius 1 is 0.469 bits per heavy atom. The first-order valence-electron chi connectivity index (χ1n) is 31.1. The van der Waals surface area contributed by atoms with Crippen molar-refractivity contribution in [1.29, 1.82) is 0 Å². The molecule has 11 aromatic rings. The van der Waals surface area contributed by atoms with Crippen molar-refractivity contribution in [2.24, 2.45) is 0 Å². The predicted octanol–water partition coefficient (Wildman–Crippen LogP) is 15.2. The van der Waals surface area contributed by atoms with E-state index >= 15 is 0 Å². The van der Waals surface area contributed by atoms with Crippen molar-refractivity contribution in [1.82, 2.24) is 48.4 Å². The van der Waals surface area contributed by atoms with Crippen LogP contribution in [0, 0.1) is 0 Å². The quantitative estimate of drug-likeness (QED) is 0.0489. The summed E-state index contributed by atoms with van der Waals surface area (Å²) >= 11 is 30.7. The number of phenols is 2. The number of nitrogen functional groups attached to an aromatic ring is 1. The Bertz CT molecular complexity index is 4620. The minimum absolute atomic E-state index is 0.0338. The van der Waals surface area contributed by atoms with Gasteiger partial charge < -0.3 is 59.0 Å². The molecule has 0 aliphatic carbocycles. The van der Waals surface area contributed by atoms with Crippen LogP contribution in [0.25, 0.3) is 66.1 Å². The molecule has 0 unspecified atom stereocenters. The van der Waals surface area contributed by atoms with Crippen molar-refractivity contribution in [3.63, 3.8) is 0 Å². The fraction of sp³-hybridized carbons (Fsp3) is 0.268. The summed E-state index contributed by atoms with van der Waals surface area (Å²) in [5, 5.41) is 27.7. The van der Waals surface area contributed by atoms with Gasteiger partial charge in [-0.1, -0.05) is 104 Å². The van der Waals surface area contributed by atoms with Gasteiger partial charge in [0.15, 0.2) is 0 Å². The zero-order valence-corrected chi connectivity index (χ0v) is 58.2. The van der Waals surface area contributed by atoms with E-state index in [9.17, 15) is 24.6 Å². The van der Waals surface area contributed by atoms with Gasteiger partial charge in [0.1, 0.15) is 69.7 Å². The summed E-state index contributed by atoms with van der Waals surface area (Å²) in [5.74, 6) is 3.64. The van der Waals surface area contributed by atoms with E-state index in [-0.39, 0.29) is 28.2 Å². The highest BCUT2D eigenvalue weighted by molar-refractivity contribution is 6.35. The molecule has 0 aliphatic heterocycles. The number of fused-ring (bicyclic) bond motifs is 3. The topological polar surface area (TPSA) is 243 Å². The molecule has 0 fully saturated rings. The number of methoxy groups -OCH3 is 1. The number of ether oxygens (including phenoxy) is 3. The first kappa shape index (κ1) is 72.8. The SMILES string of the molecule is CCN(CC)CCOc1ccc(N)nc1.CCN(CC)CCOc1ccc(Nc2cc3c(cn2)cc(-c2c(O)cccc2Cl)c(=O)n3CC)nc1.CCn1c(=O)c(-c2c(Cl)cccc2OC)cc2cnc(Cl)cc21.CCn1c(=O)c(-c2c(O)cccc2Cl)cc2cnc(Cl)cc21. The first-order valence-corrected chi connectivity index (χ1v) is 33.0. The van der Waals surface area contributed by atoms with Crippen molar-refractivity contribution in [3.05, 3.63) is 203 Å². The number of halogens is 5. The Morgan fingerprint density at radius 2 is 0.865 bits per heavy atom. The molecule has 0 spiro atoms.